The Labute approximate surface area is 112 Å². The van der Waals surface area contributed by atoms with Crippen LogP contribution < -0.4 is 4.74 Å². The summed E-state index contributed by atoms with van der Waals surface area (Å²) >= 11 is 6.03. The predicted octanol–water partition coefficient (Wildman–Crippen LogP) is 3.75. The van der Waals surface area contributed by atoms with Gasteiger partial charge in [-0.3, -0.25) is 0 Å². The lowest BCUT2D eigenvalue weighted by molar-refractivity contribution is 0.415. The number of methoxy groups -OCH3 is 1. The van der Waals surface area contributed by atoms with Gasteiger partial charge in [0.2, 0.25) is 0 Å². The first-order valence-corrected chi connectivity index (χ1v) is 6.92. The van der Waals surface area contributed by atoms with E-state index in [1.54, 1.807) is 7.11 Å². The molecule has 1 saturated carbocycles. The van der Waals surface area contributed by atoms with Crippen LogP contribution in [-0.4, -0.2) is 16.7 Å². The first-order valence-electron chi connectivity index (χ1n) is 6.39. The monoisotopic (exact) mass is 264 g/mol. The lowest BCUT2D eigenvalue weighted by Crippen LogP contribution is -2.01. The highest BCUT2D eigenvalue weighted by Crippen LogP contribution is 2.47. The number of benzene rings is 1. The number of hydrogen-bond acceptors (Lipinski definition) is 2. The molecule has 1 aliphatic rings. The van der Waals surface area contributed by atoms with E-state index in [1.165, 1.54) is 18.4 Å². The fraction of sp³-hybridized carbons (Fsp3) is 0.500. The highest BCUT2D eigenvalue weighted by Gasteiger charge is 2.39. The molecular formula is C14H17ClN2O. The van der Waals surface area contributed by atoms with Crippen molar-refractivity contribution in [2.24, 2.45) is 5.92 Å². The lowest BCUT2D eigenvalue weighted by Gasteiger charge is -2.07. The first kappa shape index (κ1) is 11.8. The lowest BCUT2D eigenvalue weighted by atomic mass is 10.3. The maximum Gasteiger partial charge on any atom is 0.125 e. The molecule has 0 bridgehead atoms. The zero-order chi connectivity index (χ0) is 12.7. The van der Waals surface area contributed by atoms with Crippen molar-refractivity contribution in [3.63, 3.8) is 0 Å². The van der Waals surface area contributed by atoms with Crippen LogP contribution in [0.1, 0.15) is 31.6 Å². The third-order valence-electron chi connectivity index (χ3n) is 3.83. The normalized spacial score (nSPS) is 22.4. The van der Waals surface area contributed by atoms with E-state index in [0.29, 0.717) is 11.9 Å². The average Bonchev–Trinajstić information content (AvgIpc) is 3.10. The molecule has 0 spiro atoms. The Kier molecular flexibility index (Phi) is 2.94. The number of rotatable bonds is 4. The minimum absolute atomic E-state index is 0.462. The molecule has 0 radical (unpaired) electrons. The van der Waals surface area contributed by atoms with Crippen molar-refractivity contribution in [1.82, 2.24) is 9.55 Å². The molecule has 2 atom stereocenters. The van der Waals surface area contributed by atoms with Crippen molar-refractivity contribution in [3.05, 3.63) is 24.0 Å². The van der Waals surface area contributed by atoms with Crippen molar-refractivity contribution in [2.45, 2.75) is 31.7 Å². The van der Waals surface area contributed by atoms with Crippen molar-refractivity contribution >= 4 is 22.6 Å². The van der Waals surface area contributed by atoms with E-state index >= 15 is 0 Å². The summed E-state index contributed by atoms with van der Waals surface area (Å²) in [6.45, 7) is 2.24. The molecule has 18 heavy (non-hydrogen) atoms. The van der Waals surface area contributed by atoms with E-state index in [0.717, 1.165) is 23.0 Å². The molecule has 1 aliphatic carbocycles. The summed E-state index contributed by atoms with van der Waals surface area (Å²) in [6, 6.07) is 6.64. The number of aromatic nitrogens is 2. The largest absolute Gasteiger partial charge is 0.497 e. The van der Waals surface area contributed by atoms with Crippen molar-refractivity contribution in [2.75, 3.05) is 7.11 Å². The van der Waals surface area contributed by atoms with Gasteiger partial charge in [0.1, 0.15) is 11.6 Å². The molecule has 1 fully saturated rings. The Morgan fingerprint density at radius 1 is 1.50 bits per heavy atom. The van der Waals surface area contributed by atoms with Gasteiger partial charge >= 0.3 is 0 Å². The quantitative estimate of drug-likeness (QED) is 0.787. The van der Waals surface area contributed by atoms with Crippen molar-refractivity contribution < 1.29 is 4.74 Å². The number of fused-ring (bicyclic) bond motifs is 1. The van der Waals surface area contributed by atoms with Gasteiger partial charge in [-0.05, 0) is 24.5 Å². The van der Waals surface area contributed by atoms with Crippen LogP contribution in [0.5, 0.6) is 5.75 Å². The number of ether oxygens (including phenoxy) is 1. The third kappa shape index (κ3) is 1.77. The average molecular weight is 265 g/mol. The number of hydrogen-bond donors (Lipinski definition) is 0. The van der Waals surface area contributed by atoms with E-state index < -0.39 is 0 Å². The zero-order valence-corrected chi connectivity index (χ0v) is 11.4. The number of nitrogens with zero attached hydrogens (tertiary/aromatic N) is 2. The maximum absolute atomic E-state index is 6.03. The van der Waals surface area contributed by atoms with Crippen LogP contribution >= 0.6 is 11.6 Å². The Morgan fingerprint density at radius 2 is 2.33 bits per heavy atom. The van der Waals surface area contributed by atoms with Crippen LogP contribution in [0.3, 0.4) is 0 Å². The molecule has 3 nitrogen and oxygen atoms in total. The third-order valence-corrected chi connectivity index (χ3v) is 4.07. The van der Waals surface area contributed by atoms with Crippen molar-refractivity contribution in [3.8, 4) is 5.75 Å². The fourth-order valence-electron chi connectivity index (χ4n) is 2.71. The highest BCUT2D eigenvalue weighted by molar-refractivity contribution is 6.16. The molecule has 3 rings (SSSR count). The number of halogens is 1. The van der Waals surface area contributed by atoms with Gasteiger partial charge in [-0.15, -0.1) is 11.6 Å². The number of alkyl halides is 1. The standard InChI is InChI=1S/C14H17ClN2O/c1-3-9-6-13(9)17-12-5-4-10(18-2)7-11(12)16-14(17)8-15/h4-5,7,9,13H,3,6,8H2,1-2H3. The van der Waals surface area contributed by atoms with Crippen LogP contribution in [-0.2, 0) is 5.88 Å². The molecule has 0 saturated heterocycles. The van der Waals surface area contributed by atoms with Gasteiger partial charge in [0.05, 0.1) is 24.0 Å². The molecule has 1 aromatic carbocycles. The van der Waals surface area contributed by atoms with Gasteiger partial charge in [-0.2, -0.15) is 0 Å². The molecule has 96 valence electrons. The summed E-state index contributed by atoms with van der Waals surface area (Å²) in [7, 11) is 1.68. The van der Waals surface area contributed by atoms with Gasteiger partial charge in [0, 0.05) is 12.1 Å². The molecule has 2 unspecified atom stereocenters. The topological polar surface area (TPSA) is 27.1 Å². The van der Waals surface area contributed by atoms with E-state index in [4.69, 9.17) is 16.3 Å². The summed E-state index contributed by atoms with van der Waals surface area (Å²) in [5.74, 6) is 3.06. The SMILES string of the molecule is CCC1CC1n1c(CCl)nc2cc(OC)ccc21. The summed E-state index contributed by atoms with van der Waals surface area (Å²) in [4.78, 5) is 4.62. The molecular weight excluding hydrogens is 248 g/mol. The molecule has 0 N–H and O–H groups in total. The van der Waals surface area contributed by atoms with Crippen LogP contribution in [0, 0.1) is 5.92 Å². The molecule has 0 amide bonds. The minimum atomic E-state index is 0.462. The molecule has 1 heterocycles. The van der Waals surface area contributed by atoms with Crippen LogP contribution in [0.4, 0.5) is 0 Å². The van der Waals surface area contributed by atoms with Gasteiger partial charge in [-0.1, -0.05) is 13.3 Å². The predicted molar refractivity (Wildman–Crippen MR) is 73.3 cm³/mol. The van der Waals surface area contributed by atoms with Crippen LogP contribution in [0.25, 0.3) is 11.0 Å². The molecule has 1 aromatic heterocycles. The Balaban J connectivity index is 2.11. The Morgan fingerprint density at radius 3 is 2.94 bits per heavy atom. The van der Waals surface area contributed by atoms with Gasteiger partial charge in [0.25, 0.3) is 0 Å². The molecule has 4 heteroatoms. The minimum Gasteiger partial charge on any atom is -0.497 e. The van der Waals surface area contributed by atoms with Crippen molar-refractivity contribution in [1.29, 1.82) is 0 Å². The smallest absolute Gasteiger partial charge is 0.125 e. The molecule has 0 aliphatic heterocycles. The second-order valence-corrected chi connectivity index (χ2v) is 5.12. The molecule has 2 aromatic rings. The second-order valence-electron chi connectivity index (χ2n) is 4.86. The first-order chi connectivity index (χ1) is 8.78. The van der Waals surface area contributed by atoms with E-state index in [9.17, 15) is 0 Å². The Hall–Kier alpha value is -1.22. The maximum atomic E-state index is 6.03. The van der Waals surface area contributed by atoms with Gasteiger partial charge in [0.15, 0.2) is 0 Å². The fourth-order valence-corrected chi connectivity index (χ4v) is 2.89. The number of imidazole rings is 1. The van der Waals surface area contributed by atoms with Crippen LogP contribution in [0.2, 0.25) is 0 Å². The van der Waals surface area contributed by atoms with Gasteiger partial charge < -0.3 is 9.30 Å². The van der Waals surface area contributed by atoms with E-state index in [1.807, 2.05) is 12.1 Å². The highest BCUT2D eigenvalue weighted by atomic mass is 35.5. The van der Waals surface area contributed by atoms with Crippen LogP contribution in [0.15, 0.2) is 18.2 Å². The zero-order valence-electron chi connectivity index (χ0n) is 10.7. The van der Waals surface area contributed by atoms with E-state index in [2.05, 4.69) is 22.5 Å². The summed E-state index contributed by atoms with van der Waals surface area (Å²) in [5, 5.41) is 0. The summed E-state index contributed by atoms with van der Waals surface area (Å²) in [5.41, 5.74) is 2.15. The Bertz CT molecular complexity index is 578. The summed E-state index contributed by atoms with van der Waals surface area (Å²) < 4.78 is 7.56. The van der Waals surface area contributed by atoms with Gasteiger partial charge in [-0.25, -0.2) is 4.98 Å². The summed E-state index contributed by atoms with van der Waals surface area (Å²) in [6.07, 6.45) is 2.47. The second kappa shape index (κ2) is 4.47. The van der Waals surface area contributed by atoms with E-state index in [-0.39, 0.29) is 0 Å².